The summed E-state index contributed by atoms with van der Waals surface area (Å²) < 4.78 is 16.7. The van der Waals surface area contributed by atoms with Crippen molar-refractivity contribution in [2.24, 2.45) is 0 Å². The maximum absolute atomic E-state index is 13.5. The van der Waals surface area contributed by atoms with E-state index in [2.05, 4.69) is 0 Å². The second-order valence-electron chi connectivity index (χ2n) is 8.69. The van der Waals surface area contributed by atoms with Crippen LogP contribution in [0.15, 0.2) is 66.2 Å². The minimum Gasteiger partial charge on any atom is -0.507 e. The number of nitrogens with zero attached hydrogens (tertiary/aromatic N) is 1. The lowest BCUT2D eigenvalue weighted by Gasteiger charge is -2.27. The van der Waals surface area contributed by atoms with Crippen molar-refractivity contribution in [1.82, 2.24) is 0 Å². The lowest BCUT2D eigenvalue weighted by atomic mass is 9.94. The Morgan fingerprint density at radius 3 is 2.24 bits per heavy atom. The fourth-order valence-electron chi connectivity index (χ4n) is 4.55. The standard InChI is InChI=1S/C30H31NO6/c1-6-36-22-15-16-23(25(17-22)37-7-2)28(32)26-27(20-11-13-21(35-5)14-12-20)31(30(34)29(26)33)24-10-8-9-18(3)19(24)4/h8-17,27,32H,6-7H2,1-5H3/b28-26+. The van der Waals surface area contributed by atoms with Gasteiger partial charge >= 0.3 is 0 Å². The van der Waals surface area contributed by atoms with Crippen LogP contribution in [-0.4, -0.2) is 37.1 Å². The van der Waals surface area contributed by atoms with Gasteiger partial charge in [0.25, 0.3) is 11.7 Å². The highest BCUT2D eigenvalue weighted by Crippen LogP contribution is 2.45. The first-order valence-corrected chi connectivity index (χ1v) is 12.2. The van der Waals surface area contributed by atoms with E-state index in [4.69, 9.17) is 14.2 Å². The topological polar surface area (TPSA) is 85.3 Å². The third-order valence-electron chi connectivity index (χ3n) is 6.53. The van der Waals surface area contributed by atoms with Crippen molar-refractivity contribution in [1.29, 1.82) is 0 Å². The summed E-state index contributed by atoms with van der Waals surface area (Å²) in [6.45, 7) is 8.37. The maximum atomic E-state index is 13.5. The van der Waals surface area contributed by atoms with E-state index >= 15 is 0 Å². The molecule has 3 aromatic rings. The molecular weight excluding hydrogens is 470 g/mol. The number of ketones is 1. The van der Waals surface area contributed by atoms with E-state index in [1.165, 1.54) is 4.90 Å². The molecule has 0 spiro atoms. The second kappa shape index (κ2) is 10.8. The normalized spacial score (nSPS) is 16.7. The summed E-state index contributed by atoms with van der Waals surface area (Å²) in [7, 11) is 1.57. The number of aliphatic hydroxyl groups excluding tert-OH is 1. The smallest absolute Gasteiger partial charge is 0.300 e. The van der Waals surface area contributed by atoms with Gasteiger partial charge < -0.3 is 19.3 Å². The molecule has 4 rings (SSSR count). The van der Waals surface area contributed by atoms with Gasteiger partial charge in [-0.2, -0.15) is 0 Å². The molecule has 0 aromatic heterocycles. The van der Waals surface area contributed by atoms with Crippen LogP contribution in [0.4, 0.5) is 5.69 Å². The average Bonchev–Trinajstić information content (AvgIpc) is 3.16. The first-order valence-electron chi connectivity index (χ1n) is 12.2. The molecule has 0 radical (unpaired) electrons. The molecular formula is C30H31NO6. The number of methoxy groups -OCH3 is 1. The Bertz CT molecular complexity index is 1360. The summed E-state index contributed by atoms with van der Waals surface area (Å²) in [4.78, 5) is 28.5. The molecule has 1 unspecified atom stereocenters. The van der Waals surface area contributed by atoms with E-state index in [-0.39, 0.29) is 11.3 Å². The van der Waals surface area contributed by atoms with E-state index < -0.39 is 17.7 Å². The van der Waals surface area contributed by atoms with Crippen LogP contribution in [0.2, 0.25) is 0 Å². The van der Waals surface area contributed by atoms with Crippen molar-refractivity contribution in [2.75, 3.05) is 25.2 Å². The predicted octanol–water partition coefficient (Wildman–Crippen LogP) is 5.74. The van der Waals surface area contributed by atoms with Crippen molar-refractivity contribution < 1.29 is 28.9 Å². The maximum Gasteiger partial charge on any atom is 0.300 e. The molecule has 1 saturated heterocycles. The van der Waals surface area contributed by atoms with E-state index in [1.807, 2.05) is 45.9 Å². The SMILES string of the molecule is CCOc1ccc(/C(O)=C2\C(=O)C(=O)N(c3cccc(C)c3C)C2c2ccc(OC)cc2)c(OCC)c1. The Labute approximate surface area is 216 Å². The van der Waals surface area contributed by atoms with Crippen LogP contribution in [0.1, 0.15) is 42.1 Å². The summed E-state index contributed by atoms with van der Waals surface area (Å²) in [5.41, 5.74) is 3.42. The Kier molecular flexibility index (Phi) is 7.53. The zero-order valence-corrected chi connectivity index (χ0v) is 21.7. The van der Waals surface area contributed by atoms with E-state index in [0.29, 0.717) is 47.3 Å². The van der Waals surface area contributed by atoms with Crippen molar-refractivity contribution in [3.05, 3.63) is 88.5 Å². The third kappa shape index (κ3) is 4.77. The molecule has 0 bridgehead atoms. The van der Waals surface area contributed by atoms with Crippen LogP contribution in [0, 0.1) is 13.8 Å². The van der Waals surface area contributed by atoms with Gasteiger partial charge in [-0.3, -0.25) is 14.5 Å². The molecule has 7 heteroatoms. The Balaban J connectivity index is 1.96. The third-order valence-corrected chi connectivity index (χ3v) is 6.53. The van der Waals surface area contributed by atoms with Crippen LogP contribution in [0.3, 0.4) is 0 Å². The number of benzene rings is 3. The molecule has 0 saturated carbocycles. The molecule has 1 aliphatic heterocycles. The first kappa shape index (κ1) is 25.8. The molecule has 1 amide bonds. The first-order chi connectivity index (χ1) is 17.8. The summed E-state index contributed by atoms with van der Waals surface area (Å²) in [5, 5.41) is 11.6. The number of anilines is 1. The number of carbonyl (C=O) groups excluding carboxylic acids is 2. The Morgan fingerprint density at radius 2 is 1.59 bits per heavy atom. The summed E-state index contributed by atoms with van der Waals surface area (Å²) >= 11 is 0. The molecule has 7 nitrogen and oxygen atoms in total. The molecule has 1 fully saturated rings. The number of hydrogen-bond donors (Lipinski definition) is 1. The number of hydrogen-bond acceptors (Lipinski definition) is 6. The molecule has 1 heterocycles. The number of ether oxygens (including phenoxy) is 3. The van der Waals surface area contributed by atoms with Gasteiger partial charge in [-0.15, -0.1) is 0 Å². The number of aryl methyl sites for hydroxylation is 1. The van der Waals surface area contributed by atoms with E-state index in [0.717, 1.165) is 11.1 Å². The van der Waals surface area contributed by atoms with Gasteiger partial charge in [0.15, 0.2) is 0 Å². The van der Waals surface area contributed by atoms with Crippen LogP contribution < -0.4 is 19.1 Å². The summed E-state index contributed by atoms with van der Waals surface area (Å²) in [6.07, 6.45) is 0. The van der Waals surface area contributed by atoms with Crippen molar-refractivity contribution in [3.63, 3.8) is 0 Å². The van der Waals surface area contributed by atoms with Crippen LogP contribution in [0.25, 0.3) is 5.76 Å². The average molecular weight is 502 g/mol. The highest BCUT2D eigenvalue weighted by Gasteiger charge is 2.47. The number of carbonyl (C=O) groups is 2. The number of amides is 1. The molecule has 192 valence electrons. The quantitative estimate of drug-likeness (QED) is 0.241. The predicted molar refractivity (Wildman–Crippen MR) is 142 cm³/mol. The van der Waals surface area contributed by atoms with Gasteiger partial charge in [0.05, 0.1) is 37.5 Å². The molecule has 1 atom stereocenters. The lowest BCUT2D eigenvalue weighted by molar-refractivity contribution is -0.132. The van der Waals surface area contributed by atoms with Crippen molar-refractivity contribution in [2.45, 2.75) is 33.7 Å². The molecule has 37 heavy (non-hydrogen) atoms. The van der Waals surface area contributed by atoms with Gasteiger partial charge in [-0.05, 0) is 74.7 Å². The zero-order valence-electron chi connectivity index (χ0n) is 21.7. The van der Waals surface area contributed by atoms with Crippen molar-refractivity contribution in [3.8, 4) is 17.2 Å². The largest absolute Gasteiger partial charge is 0.507 e. The minimum atomic E-state index is -0.854. The fraction of sp³-hybridized carbons (Fsp3) is 0.267. The Hall–Kier alpha value is -4.26. The monoisotopic (exact) mass is 501 g/mol. The lowest BCUT2D eigenvalue weighted by Crippen LogP contribution is -2.30. The molecule has 1 aliphatic rings. The number of rotatable bonds is 8. The summed E-state index contributed by atoms with van der Waals surface area (Å²) in [5.74, 6) is -0.214. The van der Waals surface area contributed by atoms with Crippen LogP contribution >= 0.6 is 0 Å². The number of aliphatic hydroxyl groups is 1. The van der Waals surface area contributed by atoms with Gasteiger partial charge in [0.1, 0.15) is 23.0 Å². The van der Waals surface area contributed by atoms with Gasteiger partial charge in [0, 0.05) is 11.8 Å². The van der Waals surface area contributed by atoms with Gasteiger partial charge in [-0.1, -0.05) is 24.3 Å². The minimum absolute atomic E-state index is 0.0128. The summed E-state index contributed by atoms with van der Waals surface area (Å²) in [6, 6.07) is 16.9. The molecule has 1 N–H and O–H groups in total. The number of Topliss-reactive ketones (excluding diaryl/α,β-unsaturated/α-hetero) is 1. The highest BCUT2D eigenvalue weighted by atomic mass is 16.5. The Morgan fingerprint density at radius 1 is 0.919 bits per heavy atom. The molecule has 0 aliphatic carbocycles. The fourth-order valence-corrected chi connectivity index (χ4v) is 4.55. The van der Waals surface area contributed by atoms with Crippen molar-refractivity contribution >= 4 is 23.1 Å². The van der Waals surface area contributed by atoms with Crippen LogP contribution in [0.5, 0.6) is 17.2 Å². The van der Waals surface area contributed by atoms with Crippen LogP contribution in [-0.2, 0) is 9.59 Å². The van der Waals surface area contributed by atoms with E-state index in [1.54, 1.807) is 49.6 Å². The van der Waals surface area contributed by atoms with Gasteiger partial charge in [0.2, 0.25) is 0 Å². The van der Waals surface area contributed by atoms with Gasteiger partial charge in [-0.25, -0.2) is 0 Å². The molecule has 3 aromatic carbocycles. The van der Waals surface area contributed by atoms with E-state index in [9.17, 15) is 14.7 Å². The highest BCUT2D eigenvalue weighted by molar-refractivity contribution is 6.51. The second-order valence-corrected chi connectivity index (χ2v) is 8.69. The zero-order chi connectivity index (χ0) is 26.7.